The molecule has 0 aliphatic heterocycles. The Labute approximate surface area is 119 Å². The Morgan fingerprint density at radius 3 is 2.63 bits per heavy atom. The van der Waals surface area contributed by atoms with Crippen LogP contribution in [-0.4, -0.2) is 40.0 Å². The van der Waals surface area contributed by atoms with Crippen molar-refractivity contribution in [3.05, 3.63) is 28.8 Å². The Balaban J connectivity index is 2.77. The second kappa shape index (κ2) is 7.21. The van der Waals surface area contributed by atoms with Crippen LogP contribution in [-0.2, 0) is 16.6 Å². The second-order valence-electron chi connectivity index (χ2n) is 4.26. The molecule has 108 valence electrons. The topological polar surface area (TPSA) is 75.4 Å². The van der Waals surface area contributed by atoms with E-state index in [2.05, 4.69) is 4.72 Å². The fourth-order valence-electron chi connectivity index (χ4n) is 1.50. The van der Waals surface area contributed by atoms with E-state index in [9.17, 15) is 8.42 Å². The van der Waals surface area contributed by atoms with Crippen molar-refractivity contribution in [2.24, 2.45) is 5.73 Å². The number of hydrogen-bond donors (Lipinski definition) is 2. The van der Waals surface area contributed by atoms with Gasteiger partial charge in [0.05, 0.1) is 5.02 Å². The fourth-order valence-corrected chi connectivity index (χ4v) is 3.08. The summed E-state index contributed by atoms with van der Waals surface area (Å²) >= 11 is 5.98. The zero-order valence-electron chi connectivity index (χ0n) is 11.2. The molecule has 19 heavy (non-hydrogen) atoms. The lowest BCUT2D eigenvalue weighted by Gasteiger charge is -2.14. The highest BCUT2D eigenvalue weighted by molar-refractivity contribution is 7.89. The molecule has 3 N–H and O–H groups in total. The maximum atomic E-state index is 12.1. The van der Waals surface area contributed by atoms with Gasteiger partial charge in [0.15, 0.2) is 0 Å². The summed E-state index contributed by atoms with van der Waals surface area (Å²) < 4.78 is 26.7. The van der Waals surface area contributed by atoms with Gasteiger partial charge in [0.2, 0.25) is 10.0 Å². The van der Waals surface area contributed by atoms with Gasteiger partial charge in [-0.25, -0.2) is 13.1 Å². The number of hydrogen-bond acceptors (Lipinski definition) is 4. The van der Waals surface area contributed by atoms with Gasteiger partial charge in [-0.05, 0) is 31.3 Å². The van der Waals surface area contributed by atoms with Gasteiger partial charge in [-0.1, -0.05) is 24.6 Å². The summed E-state index contributed by atoms with van der Waals surface area (Å²) in [6.45, 7) is 4.20. The van der Waals surface area contributed by atoms with Crippen LogP contribution in [0.3, 0.4) is 0 Å². The molecule has 0 amide bonds. The van der Waals surface area contributed by atoms with E-state index in [4.69, 9.17) is 17.3 Å². The second-order valence-corrected chi connectivity index (χ2v) is 6.41. The van der Waals surface area contributed by atoms with Crippen molar-refractivity contribution in [2.75, 3.05) is 26.7 Å². The molecular weight excluding hydrogens is 286 g/mol. The Kier molecular flexibility index (Phi) is 6.22. The number of likely N-dealkylation sites (N-methyl/N-ethyl adjacent to an activating group) is 1. The predicted octanol–water partition coefficient (Wildman–Crippen LogP) is 1.03. The normalized spacial score (nSPS) is 12.1. The summed E-state index contributed by atoms with van der Waals surface area (Å²) in [5.74, 6) is 0. The minimum Gasteiger partial charge on any atom is -0.326 e. The number of sulfonamides is 1. The Morgan fingerprint density at radius 1 is 1.42 bits per heavy atom. The summed E-state index contributed by atoms with van der Waals surface area (Å²) in [7, 11) is -1.64. The first-order valence-corrected chi connectivity index (χ1v) is 7.93. The van der Waals surface area contributed by atoms with Crippen molar-refractivity contribution in [3.8, 4) is 0 Å². The van der Waals surface area contributed by atoms with Crippen LogP contribution < -0.4 is 10.5 Å². The molecule has 0 fully saturated rings. The SMILES string of the molecule is CCN(C)CCNS(=O)(=O)c1ccc(CN)cc1Cl. The van der Waals surface area contributed by atoms with Gasteiger partial charge in [0.25, 0.3) is 0 Å². The number of nitrogens with two attached hydrogens (primary N) is 1. The first kappa shape index (κ1) is 16.4. The molecule has 0 aromatic heterocycles. The lowest BCUT2D eigenvalue weighted by molar-refractivity contribution is 0.358. The third-order valence-electron chi connectivity index (χ3n) is 2.85. The molecule has 0 aliphatic rings. The Morgan fingerprint density at radius 2 is 2.11 bits per heavy atom. The van der Waals surface area contributed by atoms with E-state index in [1.54, 1.807) is 12.1 Å². The average Bonchev–Trinajstić information content (AvgIpc) is 2.37. The maximum absolute atomic E-state index is 12.1. The predicted molar refractivity (Wildman–Crippen MR) is 77.7 cm³/mol. The number of benzene rings is 1. The van der Waals surface area contributed by atoms with E-state index in [-0.39, 0.29) is 9.92 Å². The first-order valence-electron chi connectivity index (χ1n) is 6.07. The van der Waals surface area contributed by atoms with Crippen molar-refractivity contribution in [1.29, 1.82) is 0 Å². The van der Waals surface area contributed by atoms with Crippen molar-refractivity contribution >= 4 is 21.6 Å². The van der Waals surface area contributed by atoms with Gasteiger partial charge in [-0.2, -0.15) is 0 Å². The molecule has 0 unspecified atom stereocenters. The van der Waals surface area contributed by atoms with Gasteiger partial charge in [-0.15, -0.1) is 0 Å². The third kappa shape index (κ3) is 4.74. The number of halogens is 1. The lowest BCUT2D eigenvalue weighted by Crippen LogP contribution is -2.33. The number of nitrogens with zero attached hydrogens (tertiary/aromatic N) is 1. The Hall–Kier alpha value is -0.660. The van der Waals surface area contributed by atoms with Crippen LogP contribution >= 0.6 is 11.6 Å². The smallest absolute Gasteiger partial charge is 0.242 e. The van der Waals surface area contributed by atoms with Crippen LogP contribution in [0.15, 0.2) is 23.1 Å². The van der Waals surface area contributed by atoms with Crippen LogP contribution in [0.4, 0.5) is 0 Å². The average molecular weight is 306 g/mol. The molecule has 0 aliphatic carbocycles. The molecule has 7 heteroatoms. The summed E-state index contributed by atoms with van der Waals surface area (Å²) in [5, 5.41) is 0.194. The van der Waals surface area contributed by atoms with E-state index < -0.39 is 10.0 Å². The highest BCUT2D eigenvalue weighted by Gasteiger charge is 2.17. The molecule has 0 saturated heterocycles. The van der Waals surface area contributed by atoms with Crippen LogP contribution in [0.2, 0.25) is 5.02 Å². The molecule has 0 radical (unpaired) electrons. The largest absolute Gasteiger partial charge is 0.326 e. The summed E-state index contributed by atoms with van der Waals surface area (Å²) in [5.41, 5.74) is 6.28. The van der Waals surface area contributed by atoms with Gasteiger partial charge in [0, 0.05) is 19.6 Å². The van der Waals surface area contributed by atoms with Crippen molar-refractivity contribution in [1.82, 2.24) is 9.62 Å². The fraction of sp³-hybridized carbons (Fsp3) is 0.500. The van der Waals surface area contributed by atoms with Gasteiger partial charge in [0.1, 0.15) is 4.90 Å². The van der Waals surface area contributed by atoms with E-state index in [1.807, 2.05) is 18.9 Å². The van der Waals surface area contributed by atoms with E-state index >= 15 is 0 Å². The van der Waals surface area contributed by atoms with Gasteiger partial charge < -0.3 is 10.6 Å². The van der Waals surface area contributed by atoms with Crippen LogP contribution in [0.5, 0.6) is 0 Å². The Bertz CT molecular complexity index is 520. The lowest BCUT2D eigenvalue weighted by atomic mass is 10.2. The molecule has 0 bridgehead atoms. The van der Waals surface area contributed by atoms with Gasteiger partial charge in [-0.3, -0.25) is 0 Å². The summed E-state index contributed by atoms with van der Waals surface area (Å²) in [6, 6.07) is 4.73. The van der Waals surface area contributed by atoms with Crippen molar-refractivity contribution < 1.29 is 8.42 Å². The minimum atomic E-state index is -3.57. The molecule has 5 nitrogen and oxygen atoms in total. The van der Waals surface area contributed by atoms with Gasteiger partial charge >= 0.3 is 0 Å². The van der Waals surface area contributed by atoms with Crippen LogP contribution in [0, 0.1) is 0 Å². The minimum absolute atomic E-state index is 0.0884. The molecule has 0 atom stereocenters. The molecule has 0 heterocycles. The zero-order valence-corrected chi connectivity index (χ0v) is 12.8. The highest BCUT2D eigenvalue weighted by atomic mass is 35.5. The summed E-state index contributed by atoms with van der Waals surface area (Å²) in [4.78, 5) is 2.10. The van der Waals surface area contributed by atoms with E-state index in [1.165, 1.54) is 6.07 Å². The van der Waals surface area contributed by atoms with E-state index in [0.29, 0.717) is 19.6 Å². The van der Waals surface area contributed by atoms with E-state index in [0.717, 1.165) is 12.1 Å². The molecule has 1 aromatic rings. The quantitative estimate of drug-likeness (QED) is 0.789. The molecular formula is C12H20ClN3O2S. The molecule has 1 aromatic carbocycles. The maximum Gasteiger partial charge on any atom is 0.242 e. The third-order valence-corrected chi connectivity index (χ3v) is 4.79. The zero-order chi connectivity index (χ0) is 14.5. The number of nitrogens with one attached hydrogen (secondary N) is 1. The van der Waals surface area contributed by atoms with Crippen LogP contribution in [0.25, 0.3) is 0 Å². The highest BCUT2D eigenvalue weighted by Crippen LogP contribution is 2.22. The molecule has 0 saturated carbocycles. The van der Waals surface area contributed by atoms with Crippen molar-refractivity contribution in [2.45, 2.75) is 18.4 Å². The molecule has 1 rings (SSSR count). The van der Waals surface area contributed by atoms with Crippen molar-refractivity contribution in [3.63, 3.8) is 0 Å². The summed E-state index contributed by atoms with van der Waals surface area (Å²) in [6.07, 6.45) is 0. The molecule has 0 spiro atoms. The van der Waals surface area contributed by atoms with Crippen LogP contribution in [0.1, 0.15) is 12.5 Å². The monoisotopic (exact) mass is 305 g/mol. The first-order chi connectivity index (χ1) is 8.90. The standard InChI is InChI=1S/C12H20ClN3O2S/c1-3-16(2)7-6-15-19(17,18)12-5-4-10(9-14)8-11(12)13/h4-5,8,15H,3,6-7,9,14H2,1-2H3. The number of rotatable bonds is 7.